The number of benzene rings is 1. The van der Waals surface area contributed by atoms with Gasteiger partial charge in [0.2, 0.25) is 0 Å². The summed E-state index contributed by atoms with van der Waals surface area (Å²) in [5.74, 6) is 0. The molecule has 0 aliphatic carbocycles. The van der Waals surface area contributed by atoms with Crippen LogP contribution in [0, 0.1) is 0 Å². The van der Waals surface area contributed by atoms with Crippen LogP contribution in [0.4, 0.5) is 5.69 Å². The van der Waals surface area contributed by atoms with Gasteiger partial charge >= 0.3 is 0 Å². The molecule has 1 aromatic rings. The van der Waals surface area contributed by atoms with Crippen molar-refractivity contribution < 1.29 is 5.11 Å². The molecule has 2 rings (SSSR count). The Morgan fingerprint density at radius 1 is 1.50 bits per heavy atom. The van der Waals surface area contributed by atoms with E-state index in [1.165, 1.54) is 0 Å². The molecule has 3 heteroatoms. The van der Waals surface area contributed by atoms with Crippen molar-refractivity contribution in [1.29, 1.82) is 0 Å². The SMILES string of the molecule is O[C@H]1CNc2cc(Cl)ccc2C1. The molecule has 0 bridgehead atoms. The summed E-state index contributed by atoms with van der Waals surface area (Å²) in [4.78, 5) is 0. The van der Waals surface area contributed by atoms with Gasteiger partial charge in [0.25, 0.3) is 0 Å². The number of fused-ring (bicyclic) bond motifs is 1. The molecular formula is C9H10ClNO. The minimum absolute atomic E-state index is 0.265. The summed E-state index contributed by atoms with van der Waals surface area (Å²) in [6.07, 6.45) is 0.457. The van der Waals surface area contributed by atoms with Crippen LogP contribution in [-0.4, -0.2) is 17.8 Å². The monoisotopic (exact) mass is 183 g/mol. The quantitative estimate of drug-likeness (QED) is 0.642. The fraction of sp³-hybridized carbons (Fsp3) is 0.333. The molecule has 0 aromatic heterocycles. The molecule has 1 heterocycles. The molecule has 1 aromatic carbocycles. The summed E-state index contributed by atoms with van der Waals surface area (Å²) < 4.78 is 0. The van der Waals surface area contributed by atoms with Crippen molar-refractivity contribution in [3.63, 3.8) is 0 Å². The van der Waals surface area contributed by atoms with Crippen LogP contribution in [0.1, 0.15) is 5.56 Å². The van der Waals surface area contributed by atoms with E-state index in [-0.39, 0.29) is 6.10 Å². The highest BCUT2D eigenvalue weighted by atomic mass is 35.5. The summed E-state index contributed by atoms with van der Waals surface area (Å²) in [5.41, 5.74) is 2.19. The lowest BCUT2D eigenvalue weighted by Gasteiger charge is -2.22. The molecule has 2 N–H and O–H groups in total. The van der Waals surface area contributed by atoms with Crippen LogP contribution in [0.25, 0.3) is 0 Å². The molecule has 0 saturated carbocycles. The van der Waals surface area contributed by atoms with Gasteiger partial charge in [-0.3, -0.25) is 0 Å². The first-order valence-electron chi connectivity index (χ1n) is 3.96. The van der Waals surface area contributed by atoms with Crippen molar-refractivity contribution in [2.75, 3.05) is 11.9 Å². The third-order valence-electron chi connectivity index (χ3n) is 2.06. The zero-order valence-corrected chi connectivity index (χ0v) is 7.30. The molecule has 0 radical (unpaired) electrons. The van der Waals surface area contributed by atoms with Crippen molar-refractivity contribution in [1.82, 2.24) is 0 Å². The second-order valence-electron chi connectivity index (χ2n) is 3.04. The largest absolute Gasteiger partial charge is 0.391 e. The number of aliphatic hydroxyl groups is 1. The van der Waals surface area contributed by atoms with E-state index < -0.39 is 0 Å². The number of β-amino-alcohol motifs (C(OH)–C–C–N with tert-alkyl or cyclic N) is 1. The highest BCUT2D eigenvalue weighted by molar-refractivity contribution is 6.30. The highest BCUT2D eigenvalue weighted by Crippen LogP contribution is 2.25. The molecule has 1 aliphatic heterocycles. The summed E-state index contributed by atoms with van der Waals surface area (Å²) in [7, 11) is 0. The lowest BCUT2D eigenvalue weighted by Crippen LogP contribution is -2.27. The Morgan fingerprint density at radius 2 is 2.33 bits per heavy atom. The van der Waals surface area contributed by atoms with E-state index in [0.29, 0.717) is 6.54 Å². The van der Waals surface area contributed by atoms with Gasteiger partial charge in [0.1, 0.15) is 0 Å². The van der Waals surface area contributed by atoms with Crippen LogP contribution in [0.15, 0.2) is 18.2 Å². The highest BCUT2D eigenvalue weighted by Gasteiger charge is 2.15. The second-order valence-corrected chi connectivity index (χ2v) is 3.48. The first-order valence-corrected chi connectivity index (χ1v) is 4.34. The van der Waals surface area contributed by atoms with Gasteiger partial charge in [-0.2, -0.15) is 0 Å². The van der Waals surface area contributed by atoms with E-state index in [2.05, 4.69) is 5.32 Å². The number of hydrogen-bond donors (Lipinski definition) is 2. The lowest BCUT2D eigenvalue weighted by atomic mass is 10.0. The Balaban J connectivity index is 2.37. The minimum atomic E-state index is -0.265. The van der Waals surface area contributed by atoms with Crippen molar-refractivity contribution in [3.8, 4) is 0 Å². The standard InChI is InChI=1S/C9H10ClNO/c10-7-2-1-6-3-8(12)5-11-9(6)4-7/h1-2,4,8,11-12H,3,5H2/t8-/m1/s1. The molecule has 0 saturated heterocycles. The van der Waals surface area contributed by atoms with E-state index in [0.717, 1.165) is 22.7 Å². The van der Waals surface area contributed by atoms with Crippen LogP contribution in [0.3, 0.4) is 0 Å². The summed E-state index contributed by atoms with van der Waals surface area (Å²) >= 11 is 5.81. The van der Waals surface area contributed by atoms with Crippen molar-refractivity contribution in [2.45, 2.75) is 12.5 Å². The lowest BCUT2D eigenvalue weighted by molar-refractivity contribution is 0.184. The number of nitrogens with one attached hydrogen (secondary N) is 1. The molecule has 64 valence electrons. The normalized spacial score (nSPS) is 21.3. The molecule has 12 heavy (non-hydrogen) atoms. The van der Waals surface area contributed by atoms with Crippen LogP contribution >= 0.6 is 11.6 Å². The van der Waals surface area contributed by atoms with Crippen LogP contribution in [-0.2, 0) is 6.42 Å². The Kier molecular flexibility index (Phi) is 1.95. The van der Waals surface area contributed by atoms with Gasteiger partial charge < -0.3 is 10.4 Å². The number of rotatable bonds is 0. The first kappa shape index (κ1) is 7.90. The third-order valence-corrected chi connectivity index (χ3v) is 2.29. The Labute approximate surface area is 76.2 Å². The smallest absolute Gasteiger partial charge is 0.0753 e. The summed E-state index contributed by atoms with van der Waals surface area (Å²) in [5, 5.41) is 13.2. The third kappa shape index (κ3) is 1.40. The van der Waals surface area contributed by atoms with Gasteiger partial charge in [-0.05, 0) is 17.7 Å². The maximum atomic E-state index is 9.33. The summed E-state index contributed by atoms with van der Waals surface area (Å²) in [6, 6.07) is 5.69. The zero-order chi connectivity index (χ0) is 8.55. The average molecular weight is 184 g/mol. The van der Waals surface area contributed by atoms with Gasteiger partial charge in [-0.15, -0.1) is 0 Å². The van der Waals surface area contributed by atoms with Crippen molar-refractivity contribution in [3.05, 3.63) is 28.8 Å². The number of anilines is 1. The van der Waals surface area contributed by atoms with Crippen molar-refractivity contribution in [2.24, 2.45) is 0 Å². The number of halogens is 1. The van der Waals surface area contributed by atoms with Gasteiger partial charge in [-0.1, -0.05) is 17.7 Å². The number of aliphatic hydroxyl groups excluding tert-OH is 1. The molecular weight excluding hydrogens is 174 g/mol. The van der Waals surface area contributed by atoms with E-state index in [1.807, 2.05) is 18.2 Å². The molecule has 0 spiro atoms. The van der Waals surface area contributed by atoms with Crippen LogP contribution < -0.4 is 5.32 Å². The van der Waals surface area contributed by atoms with E-state index in [4.69, 9.17) is 11.6 Å². The van der Waals surface area contributed by atoms with Crippen LogP contribution in [0.5, 0.6) is 0 Å². The van der Waals surface area contributed by atoms with Crippen LogP contribution in [0.2, 0.25) is 5.02 Å². The van der Waals surface area contributed by atoms with E-state index in [1.54, 1.807) is 0 Å². The van der Waals surface area contributed by atoms with Crippen molar-refractivity contribution >= 4 is 17.3 Å². The minimum Gasteiger partial charge on any atom is -0.391 e. The zero-order valence-electron chi connectivity index (χ0n) is 6.55. The average Bonchev–Trinajstić information content (AvgIpc) is 2.05. The summed E-state index contributed by atoms with van der Waals surface area (Å²) in [6.45, 7) is 0.618. The molecule has 0 unspecified atom stereocenters. The van der Waals surface area contributed by atoms with E-state index in [9.17, 15) is 5.11 Å². The fourth-order valence-corrected chi connectivity index (χ4v) is 1.62. The second kappa shape index (κ2) is 2.96. The Hall–Kier alpha value is -0.730. The van der Waals surface area contributed by atoms with Gasteiger partial charge in [-0.25, -0.2) is 0 Å². The topological polar surface area (TPSA) is 32.3 Å². The number of hydrogen-bond acceptors (Lipinski definition) is 2. The maximum absolute atomic E-state index is 9.33. The molecule has 0 fully saturated rings. The predicted molar refractivity (Wildman–Crippen MR) is 49.7 cm³/mol. The maximum Gasteiger partial charge on any atom is 0.0753 e. The van der Waals surface area contributed by atoms with Gasteiger partial charge in [0.05, 0.1) is 6.10 Å². The molecule has 1 atom stereocenters. The predicted octanol–water partition coefficient (Wildman–Crippen LogP) is 1.67. The van der Waals surface area contributed by atoms with E-state index >= 15 is 0 Å². The Morgan fingerprint density at radius 3 is 3.17 bits per heavy atom. The van der Waals surface area contributed by atoms with Gasteiger partial charge in [0.15, 0.2) is 0 Å². The molecule has 1 aliphatic rings. The Bertz CT molecular complexity index is 301. The first-order chi connectivity index (χ1) is 5.75. The fourth-order valence-electron chi connectivity index (χ4n) is 1.45. The van der Waals surface area contributed by atoms with Gasteiger partial charge in [0, 0.05) is 23.7 Å². The molecule has 0 amide bonds. The molecule has 2 nitrogen and oxygen atoms in total.